The lowest BCUT2D eigenvalue weighted by Crippen LogP contribution is -2.46. The van der Waals surface area contributed by atoms with Gasteiger partial charge in [-0.3, -0.25) is 4.90 Å². The number of unbranched alkanes of at least 4 members (excludes halogenated alkanes) is 1. The van der Waals surface area contributed by atoms with Gasteiger partial charge in [0.25, 0.3) is 0 Å². The van der Waals surface area contributed by atoms with Crippen molar-refractivity contribution in [3.8, 4) is 0 Å². The summed E-state index contributed by atoms with van der Waals surface area (Å²) >= 11 is 0. The van der Waals surface area contributed by atoms with Crippen molar-refractivity contribution < 1.29 is 13.2 Å². The first kappa shape index (κ1) is 21.3. The summed E-state index contributed by atoms with van der Waals surface area (Å²) in [6.45, 7) is 4.81. The molecule has 29 heavy (non-hydrogen) atoms. The highest BCUT2D eigenvalue weighted by atomic mass is 19.4. The maximum atomic E-state index is 12.9. The number of piperazine rings is 1. The summed E-state index contributed by atoms with van der Waals surface area (Å²) in [5.74, 6) is 6.09. The SMILES string of the molecule is Nc1ccccc1N(N)CCCCN1CCN(c2cccc(C(F)(F)F)c2)CC1. The summed E-state index contributed by atoms with van der Waals surface area (Å²) in [4.78, 5) is 4.37. The van der Waals surface area contributed by atoms with Crippen molar-refractivity contribution in [2.45, 2.75) is 19.0 Å². The van der Waals surface area contributed by atoms with Crippen molar-refractivity contribution in [3.05, 3.63) is 54.1 Å². The van der Waals surface area contributed by atoms with Crippen LogP contribution >= 0.6 is 0 Å². The van der Waals surface area contributed by atoms with Gasteiger partial charge in [-0.25, -0.2) is 5.84 Å². The predicted molar refractivity (Wildman–Crippen MR) is 112 cm³/mol. The fourth-order valence-corrected chi connectivity index (χ4v) is 3.60. The van der Waals surface area contributed by atoms with Crippen LogP contribution < -0.4 is 21.5 Å². The lowest BCUT2D eigenvalue weighted by atomic mass is 10.1. The maximum absolute atomic E-state index is 12.9. The predicted octanol–water partition coefficient (Wildman–Crippen LogP) is 3.57. The number of rotatable bonds is 7. The highest BCUT2D eigenvalue weighted by molar-refractivity contribution is 5.66. The van der Waals surface area contributed by atoms with E-state index < -0.39 is 11.7 Å². The molecule has 0 spiro atoms. The number of benzene rings is 2. The fourth-order valence-electron chi connectivity index (χ4n) is 3.60. The minimum absolute atomic E-state index is 0.595. The van der Waals surface area contributed by atoms with E-state index in [4.69, 9.17) is 11.6 Å². The Balaban J connectivity index is 1.40. The van der Waals surface area contributed by atoms with Crippen molar-refractivity contribution in [1.29, 1.82) is 0 Å². The molecular weight excluding hydrogens is 379 g/mol. The van der Waals surface area contributed by atoms with Gasteiger partial charge in [0.2, 0.25) is 0 Å². The highest BCUT2D eigenvalue weighted by Crippen LogP contribution is 2.31. The van der Waals surface area contributed by atoms with Gasteiger partial charge in [0.1, 0.15) is 0 Å². The average molecular weight is 407 g/mol. The minimum atomic E-state index is -4.31. The number of hydrogen-bond donors (Lipinski definition) is 2. The molecular formula is C21H28F3N5. The van der Waals surface area contributed by atoms with Crippen LogP contribution in [0, 0.1) is 0 Å². The molecule has 0 radical (unpaired) electrons. The maximum Gasteiger partial charge on any atom is 0.416 e. The first-order chi connectivity index (χ1) is 13.8. The van der Waals surface area contributed by atoms with Gasteiger partial charge >= 0.3 is 6.18 Å². The third-order valence-corrected chi connectivity index (χ3v) is 5.28. The van der Waals surface area contributed by atoms with Gasteiger partial charge < -0.3 is 15.6 Å². The van der Waals surface area contributed by atoms with E-state index in [1.165, 1.54) is 12.1 Å². The second-order valence-electron chi connectivity index (χ2n) is 7.34. The Hall–Kier alpha value is -2.45. The van der Waals surface area contributed by atoms with Crippen LogP contribution in [-0.2, 0) is 6.18 Å². The van der Waals surface area contributed by atoms with Crippen LogP contribution in [0.2, 0.25) is 0 Å². The van der Waals surface area contributed by atoms with E-state index >= 15 is 0 Å². The Kier molecular flexibility index (Phi) is 6.87. The smallest absolute Gasteiger partial charge is 0.397 e. The molecule has 0 unspecified atom stereocenters. The molecule has 0 amide bonds. The second-order valence-corrected chi connectivity index (χ2v) is 7.34. The molecule has 5 nitrogen and oxygen atoms in total. The van der Waals surface area contributed by atoms with Crippen LogP contribution in [0.3, 0.4) is 0 Å². The quantitative estimate of drug-likeness (QED) is 0.318. The van der Waals surface area contributed by atoms with Crippen LogP contribution in [0.25, 0.3) is 0 Å². The monoisotopic (exact) mass is 407 g/mol. The molecule has 2 aromatic rings. The zero-order valence-electron chi connectivity index (χ0n) is 16.4. The fraction of sp³-hybridized carbons (Fsp3) is 0.429. The highest BCUT2D eigenvalue weighted by Gasteiger charge is 2.31. The van der Waals surface area contributed by atoms with Gasteiger partial charge in [-0.1, -0.05) is 18.2 Å². The number of nitrogens with zero attached hydrogens (tertiary/aromatic N) is 3. The van der Waals surface area contributed by atoms with Crippen LogP contribution in [0.1, 0.15) is 18.4 Å². The molecule has 0 saturated carbocycles. The van der Waals surface area contributed by atoms with E-state index in [1.54, 1.807) is 11.1 Å². The van der Waals surface area contributed by atoms with Gasteiger partial charge in [0.15, 0.2) is 0 Å². The van der Waals surface area contributed by atoms with Gasteiger partial charge in [0, 0.05) is 38.4 Å². The first-order valence-electron chi connectivity index (χ1n) is 9.86. The number of nitrogen functional groups attached to an aromatic ring is 1. The zero-order chi connectivity index (χ0) is 20.9. The molecule has 0 atom stereocenters. The molecule has 0 bridgehead atoms. The van der Waals surface area contributed by atoms with Gasteiger partial charge in [-0.2, -0.15) is 13.2 Å². The van der Waals surface area contributed by atoms with Crippen LogP contribution in [0.5, 0.6) is 0 Å². The van der Waals surface area contributed by atoms with Crippen molar-refractivity contribution >= 4 is 17.1 Å². The summed E-state index contributed by atoms with van der Waals surface area (Å²) in [6.07, 6.45) is -2.36. The van der Waals surface area contributed by atoms with Gasteiger partial charge in [0.05, 0.1) is 16.9 Å². The summed E-state index contributed by atoms with van der Waals surface area (Å²) < 4.78 is 38.7. The largest absolute Gasteiger partial charge is 0.416 e. The molecule has 8 heteroatoms. The number of halogens is 3. The number of nitrogens with two attached hydrogens (primary N) is 2. The molecule has 2 aromatic carbocycles. The third kappa shape index (κ3) is 5.77. The van der Waals surface area contributed by atoms with E-state index in [2.05, 4.69) is 4.90 Å². The van der Waals surface area contributed by atoms with E-state index in [0.717, 1.165) is 63.9 Å². The van der Waals surface area contributed by atoms with Crippen molar-refractivity contribution in [3.63, 3.8) is 0 Å². The van der Waals surface area contributed by atoms with Crippen molar-refractivity contribution in [1.82, 2.24) is 4.90 Å². The Bertz CT molecular complexity index is 788. The molecule has 4 N–H and O–H groups in total. The summed E-state index contributed by atoms with van der Waals surface area (Å²) in [6, 6.07) is 13.1. The van der Waals surface area contributed by atoms with Crippen LogP contribution in [0.4, 0.5) is 30.2 Å². The summed E-state index contributed by atoms with van der Waals surface area (Å²) in [7, 11) is 0. The Morgan fingerprint density at radius 3 is 2.34 bits per heavy atom. The summed E-state index contributed by atoms with van der Waals surface area (Å²) in [5, 5.41) is 1.68. The molecule has 1 aliphatic heterocycles. The molecule has 1 fully saturated rings. The number of para-hydroxylation sites is 2. The third-order valence-electron chi connectivity index (χ3n) is 5.28. The number of hydrogen-bond acceptors (Lipinski definition) is 5. The number of anilines is 3. The Morgan fingerprint density at radius 1 is 0.931 bits per heavy atom. The molecule has 158 valence electrons. The standard InChI is InChI=1S/C21H28F3N5/c22-21(23,24)17-6-5-7-18(16-17)28-14-12-27(13-15-28)10-3-4-11-29(26)20-9-2-1-8-19(20)25/h1-2,5-9,16H,3-4,10-15,25-26H2. The Labute approximate surface area is 169 Å². The topological polar surface area (TPSA) is 61.8 Å². The molecule has 3 rings (SSSR count). The molecule has 0 aromatic heterocycles. The van der Waals surface area contributed by atoms with E-state index in [-0.39, 0.29) is 0 Å². The number of alkyl halides is 3. The average Bonchev–Trinajstić information content (AvgIpc) is 2.71. The second kappa shape index (κ2) is 9.37. The van der Waals surface area contributed by atoms with E-state index in [9.17, 15) is 13.2 Å². The van der Waals surface area contributed by atoms with Gasteiger partial charge in [-0.15, -0.1) is 0 Å². The molecule has 1 aliphatic rings. The van der Waals surface area contributed by atoms with E-state index in [1.807, 2.05) is 29.2 Å². The summed E-state index contributed by atoms with van der Waals surface area (Å²) in [5.41, 5.74) is 7.49. The lowest BCUT2D eigenvalue weighted by molar-refractivity contribution is -0.137. The minimum Gasteiger partial charge on any atom is -0.397 e. The van der Waals surface area contributed by atoms with Crippen molar-refractivity contribution in [2.24, 2.45) is 5.84 Å². The molecule has 1 saturated heterocycles. The van der Waals surface area contributed by atoms with Gasteiger partial charge in [-0.05, 0) is 49.7 Å². The van der Waals surface area contributed by atoms with Crippen LogP contribution in [0.15, 0.2) is 48.5 Å². The lowest BCUT2D eigenvalue weighted by Gasteiger charge is -2.36. The zero-order valence-corrected chi connectivity index (χ0v) is 16.4. The van der Waals surface area contributed by atoms with Crippen LogP contribution in [-0.4, -0.2) is 44.2 Å². The number of hydrazine groups is 1. The normalized spacial score (nSPS) is 15.5. The first-order valence-corrected chi connectivity index (χ1v) is 9.86. The molecule has 1 heterocycles. The van der Waals surface area contributed by atoms with E-state index in [0.29, 0.717) is 11.4 Å². The molecule has 0 aliphatic carbocycles. The Morgan fingerprint density at radius 2 is 1.66 bits per heavy atom. The van der Waals surface area contributed by atoms with Crippen molar-refractivity contribution in [2.75, 3.05) is 54.9 Å².